The Morgan fingerprint density at radius 1 is 0.952 bits per heavy atom. The quantitative estimate of drug-likeness (QED) is 0.773. The molecular formula is C19H19NO. The molecule has 0 radical (unpaired) electrons. The van der Waals surface area contributed by atoms with E-state index in [4.69, 9.17) is 4.74 Å². The number of aromatic nitrogens is 1. The number of hydrogen-bond acceptors (Lipinski definition) is 2. The molecule has 2 heteroatoms. The van der Waals surface area contributed by atoms with Crippen molar-refractivity contribution in [3.63, 3.8) is 0 Å². The van der Waals surface area contributed by atoms with Gasteiger partial charge in [-0.15, -0.1) is 0 Å². The highest BCUT2D eigenvalue weighted by atomic mass is 16.5. The fourth-order valence-electron chi connectivity index (χ4n) is 5.11. The van der Waals surface area contributed by atoms with Crippen molar-refractivity contribution < 1.29 is 4.74 Å². The van der Waals surface area contributed by atoms with Crippen molar-refractivity contribution in [2.75, 3.05) is 0 Å². The van der Waals surface area contributed by atoms with E-state index in [0.717, 1.165) is 23.3 Å². The van der Waals surface area contributed by atoms with Gasteiger partial charge in [-0.25, -0.2) is 0 Å². The number of pyridine rings is 1. The van der Waals surface area contributed by atoms with E-state index >= 15 is 0 Å². The Bertz CT molecular complexity index is 668. The largest absolute Gasteiger partial charge is 0.484 e. The van der Waals surface area contributed by atoms with Gasteiger partial charge < -0.3 is 4.74 Å². The summed E-state index contributed by atoms with van der Waals surface area (Å²) in [6.07, 6.45) is 6.19. The van der Waals surface area contributed by atoms with Crippen LogP contribution in [0.15, 0.2) is 48.7 Å². The fraction of sp³-hybridized carbons (Fsp3) is 0.421. The highest BCUT2D eigenvalue weighted by molar-refractivity contribution is 5.42. The minimum Gasteiger partial charge on any atom is -0.484 e. The first-order chi connectivity index (χ1) is 10.4. The molecule has 2 fully saturated rings. The van der Waals surface area contributed by atoms with Gasteiger partial charge in [-0.1, -0.05) is 24.3 Å². The molecule has 0 N–H and O–H groups in total. The molecule has 1 aliphatic heterocycles. The summed E-state index contributed by atoms with van der Waals surface area (Å²) in [7, 11) is 0. The van der Waals surface area contributed by atoms with Crippen molar-refractivity contribution in [1.29, 1.82) is 0 Å². The minimum absolute atomic E-state index is 0.140. The summed E-state index contributed by atoms with van der Waals surface area (Å²) in [6.45, 7) is 0. The lowest BCUT2D eigenvalue weighted by Crippen LogP contribution is -2.34. The first kappa shape index (κ1) is 11.8. The van der Waals surface area contributed by atoms with Crippen LogP contribution in [0.5, 0.6) is 5.75 Å². The zero-order valence-electron chi connectivity index (χ0n) is 12.0. The van der Waals surface area contributed by atoms with Crippen LogP contribution in [0.4, 0.5) is 0 Å². The summed E-state index contributed by atoms with van der Waals surface area (Å²) in [5.74, 6) is 4.06. The summed E-state index contributed by atoms with van der Waals surface area (Å²) in [5, 5.41) is 0. The van der Waals surface area contributed by atoms with E-state index in [0.29, 0.717) is 11.8 Å². The lowest BCUT2D eigenvalue weighted by atomic mass is 9.70. The Hall–Kier alpha value is -1.83. The maximum absolute atomic E-state index is 6.42. The van der Waals surface area contributed by atoms with E-state index in [2.05, 4.69) is 41.4 Å². The molecule has 0 spiro atoms. The second-order valence-corrected chi connectivity index (χ2v) is 6.77. The Morgan fingerprint density at radius 3 is 2.71 bits per heavy atom. The van der Waals surface area contributed by atoms with Crippen LogP contribution in [0.25, 0.3) is 0 Å². The molecule has 0 unspecified atom stereocenters. The molecule has 2 saturated carbocycles. The predicted molar refractivity (Wildman–Crippen MR) is 81.1 cm³/mol. The zero-order valence-corrected chi connectivity index (χ0v) is 12.0. The number of nitrogens with zero attached hydrogens (tertiary/aromatic N) is 1. The van der Waals surface area contributed by atoms with Gasteiger partial charge in [0.05, 0.1) is 5.69 Å². The second-order valence-electron chi connectivity index (χ2n) is 6.77. The van der Waals surface area contributed by atoms with Crippen LogP contribution in [-0.4, -0.2) is 4.98 Å². The average molecular weight is 277 g/mol. The molecular weight excluding hydrogens is 258 g/mol. The van der Waals surface area contributed by atoms with Crippen LogP contribution in [0.3, 0.4) is 0 Å². The van der Waals surface area contributed by atoms with Gasteiger partial charge in [0.1, 0.15) is 11.9 Å². The molecule has 2 aliphatic carbocycles. The van der Waals surface area contributed by atoms with Crippen molar-refractivity contribution in [3.8, 4) is 5.75 Å². The minimum atomic E-state index is 0.140. The van der Waals surface area contributed by atoms with Crippen LogP contribution in [-0.2, 0) is 0 Å². The van der Waals surface area contributed by atoms with E-state index in [9.17, 15) is 0 Å². The summed E-state index contributed by atoms with van der Waals surface area (Å²) >= 11 is 0. The maximum atomic E-state index is 6.42. The standard InChI is InChI=1S/C19H19NO/c1-2-7-16-14(5-1)17-12-8-9-13(11-12)18(17)19(21-16)15-6-3-4-10-20-15/h1-7,10,12-13,17-19H,8-9,11H2/t12-,13+,17-,18-,19-/m1/s1. The monoisotopic (exact) mass is 277 g/mol. The third-order valence-corrected chi connectivity index (χ3v) is 5.84. The number of benzene rings is 1. The predicted octanol–water partition coefficient (Wildman–Crippen LogP) is 4.35. The Balaban J connectivity index is 1.65. The number of ether oxygens (including phenoxy) is 1. The van der Waals surface area contributed by atoms with Gasteiger partial charge in [-0.3, -0.25) is 4.98 Å². The Labute approximate surface area is 125 Å². The number of rotatable bonds is 1. The summed E-state index contributed by atoms with van der Waals surface area (Å²) in [6, 6.07) is 14.8. The lowest BCUT2D eigenvalue weighted by Gasteiger charge is -2.41. The van der Waals surface area contributed by atoms with Gasteiger partial charge in [-0.2, -0.15) is 0 Å². The van der Waals surface area contributed by atoms with Crippen LogP contribution >= 0.6 is 0 Å². The molecule has 106 valence electrons. The topological polar surface area (TPSA) is 22.1 Å². The molecule has 0 amide bonds. The van der Waals surface area contributed by atoms with Crippen molar-refractivity contribution in [1.82, 2.24) is 4.98 Å². The summed E-state index contributed by atoms with van der Waals surface area (Å²) in [5.41, 5.74) is 2.55. The highest BCUT2D eigenvalue weighted by Crippen LogP contribution is 2.64. The zero-order chi connectivity index (χ0) is 13.8. The second kappa shape index (κ2) is 4.33. The number of para-hydroxylation sites is 1. The summed E-state index contributed by atoms with van der Waals surface area (Å²) < 4.78 is 6.42. The van der Waals surface area contributed by atoms with Crippen LogP contribution in [0.2, 0.25) is 0 Å². The molecule has 2 heterocycles. The van der Waals surface area contributed by atoms with Gasteiger partial charge >= 0.3 is 0 Å². The van der Waals surface area contributed by atoms with Gasteiger partial charge in [-0.05, 0) is 60.8 Å². The SMILES string of the molecule is c1ccc([C@H]2Oc3ccccc3[C@H]3[C@@H]4CC[C@@H](C4)[C@H]32)nc1. The van der Waals surface area contributed by atoms with E-state index < -0.39 is 0 Å². The molecule has 5 atom stereocenters. The van der Waals surface area contributed by atoms with E-state index in [-0.39, 0.29) is 6.10 Å². The molecule has 3 aliphatic rings. The van der Waals surface area contributed by atoms with Crippen molar-refractivity contribution in [2.24, 2.45) is 17.8 Å². The molecule has 2 aromatic rings. The Kier molecular flexibility index (Phi) is 2.43. The molecule has 5 rings (SSSR count). The fourth-order valence-corrected chi connectivity index (χ4v) is 5.11. The smallest absolute Gasteiger partial charge is 0.144 e. The number of fused-ring (bicyclic) bond motifs is 7. The average Bonchev–Trinajstić information content (AvgIpc) is 3.17. The van der Waals surface area contributed by atoms with Crippen LogP contribution < -0.4 is 4.74 Å². The summed E-state index contributed by atoms with van der Waals surface area (Å²) in [4.78, 5) is 4.59. The first-order valence-electron chi connectivity index (χ1n) is 8.08. The highest BCUT2D eigenvalue weighted by Gasteiger charge is 2.55. The van der Waals surface area contributed by atoms with Crippen LogP contribution in [0, 0.1) is 17.8 Å². The molecule has 0 saturated heterocycles. The van der Waals surface area contributed by atoms with Crippen LogP contribution in [0.1, 0.15) is 42.5 Å². The van der Waals surface area contributed by atoms with E-state index in [1.54, 1.807) is 0 Å². The molecule has 2 nitrogen and oxygen atoms in total. The lowest BCUT2D eigenvalue weighted by molar-refractivity contribution is 0.0564. The van der Waals surface area contributed by atoms with Crippen molar-refractivity contribution in [3.05, 3.63) is 59.9 Å². The maximum Gasteiger partial charge on any atom is 0.144 e. The molecule has 2 bridgehead atoms. The Morgan fingerprint density at radius 2 is 1.81 bits per heavy atom. The first-order valence-corrected chi connectivity index (χ1v) is 8.08. The van der Waals surface area contributed by atoms with Gasteiger partial charge in [0.15, 0.2) is 0 Å². The van der Waals surface area contributed by atoms with Gasteiger partial charge in [0.25, 0.3) is 0 Å². The van der Waals surface area contributed by atoms with Gasteiger partial charge in [0.2, 0.25) is 0 Å². The van der Waals surface area contributed by atoms with Gasteiger partial charge in [0, 0.05) is 12.1 Å². The molecule has 1 aromatic heterocycles. The van der Waals surface area contributed by atoms with Crippen molar-refractivity contribution >= 4 is 0 Å². The van der Waals surface area contributed by atoms with E-state index in [1.807, 2.05) is 12.3 Å². The third kappa shape index (κ3) is 1.62. The van der Waals surface area contributed by atoms with Crippen molar-refractivity contribution in [2.45, 2.75) is 31.3 Å². The van der Waals surface area contributed by atoms with E-state index in [1.165, 1.54) is 24.8 Å². The number of hydrogen-bond donors (Lipinski definition) is 0. The normalized spacial score (nSPS) is 35.9. The molecule has 21 heavy (non-hydrogen) atoms. The third-order valence-electron chi connectivity index (χ3n) is 5.84. The molecule has 1 aromatic carbocycles.